The Kier molecular flexibility index (Phi) is 8.64. The molecule has 1 aromatic heterocycles. The van der Waals surface area contributed by atoms with Crippen molar-refractivity contribution in [3.05, 3.63) is 46.4 Å². The largest absolute Gasteiger partial charge is 0.369 e. The van der Waals surface area contributed by atoms with Crippen LogP contribution in [-0.4, -0.2) is 36.6 Å². The van der Waals surface area contributed by atoms with Crippen LogP contribution in [0.5, 0.6) is 0 Å². The molecule has 1 fully saturated rings. The Hall–Kier alpha value is -1.35. The Labute approximate surface area is 177 Å². The number of nitrogens with one attached hydrogen (secondary N) is 2. The van der Waals surface area contributed by atoms with Crippen LogP contribution in [0.1, 0.15) is 30.2 Å². The molecule has 142 valence electrons. The van der Waals surface area contributed by atoms with E-state index >= 15 is 0 Å². The number of aliphatic imine (C=N–C) groups is 1. The summed E-state index contributed by atoms with van der Waals surface area (Å²) in [5.74, 6) is 0.885. The molecule has 1 unspecified atom stereocenters. The molecule has 0 saturated carbocycles. The third kappa shape index (κ3) is 5.84. The van der Waals surface area contributed by atoms with Gasteiger partial charge in [-0.15, -0.1) is 35.3 Å². The second-order valence-electron chi connectivity index (χ2n) is 6.18. The zero-order valence-electron chi connectivity index (χ0n) is 15.4. The van der Waals surface area contributed by atoms with E-state index in [9.17, 15) is 0 Å². The van der Waals surface area contributed by atoms with Gasteiger partial charge in [0.25, 0.3) is 0 Å². The lowest BCUT2D eigenvalue weighted by atomic mass is 10.3. The number of rotatable bonds is 6. The molecule has 3 rings (SSSR count). The number of halogens is 1. The van der Waals surface area contributed by atoms with Gasteiger partial charge in [0.15, 0.2) is 5.96 Å². The van der Waals surface area contributed by atoms with E-state index in [0.717, 1.165) is 43.4 Å². The molecule has 1 aliphatic heterocycles. The molecule has 5 nitrogen and oxygen atoms in total. The van der Waals surface area contributed by atoms with Gasteiger partial charge in [0, 0.05) is 42.4 Å². The molecule has 0 amide bonds. The van der Waals surface area contributed by atoms with Crippen molar-refractivity contribution in [1.82, 2.24) is 15.6 Å². The molecule has 1 saturated heterocycles. The van der Waals surface area contributed by atoms with Crippen molar-refractivity contribution in [3.8, 4) is 0 Å². The van der Waals surface area contributed by atoms with E-state index < -0.39 is 0 Å². The Balaban J connectivity index is 0.00000243. The number of thiazole rings is 1. The second-order valence-corrected chi connectivity index (χ2v) is 7.38. The highest BCUT2D eigenvalue weighted by atomic mass is 127. The molecule has 1 aromatic carbocycles. The van der Waals surface area contributed by atoms with Crippen LogP contribution >= 0.6 is 35.3 Å². The van der Waals surface area contributed by atoms with Crippen LogP contribution in [0.4, 0.5) is 5.69 Å². The SMILES string of the molecule is CCNC(=NCc1ncc(CC)s1)NC1CCN(c2ccccc2)C1.I. The van der Waals surface area contributed by atoms with E-state index in [2.05, 4.69) is 64.7 Å². The van der Waals surface area contributed by atoms with E-state index in [4.69, 9.17) is 4.99 Å². The number of hydrogen-bond donors (Lipinski definition) is 2. The minimum atomic E-state index is 0. The number of anilines is 1. The van der Waals surface area contributed by atoms with Gasteiger partial charge in [-0.2, -0.15) is 0 Å². The average molecular weight is 485 g/mol. The van der Waals surface area contributed by atoms with Crippen molar-refractivity contribution in [2.75, 3.05) is 24.5 Å². The van der Waals surface area contributed by atoms with Crippen molar-refractivity contribution in [2.45, 2.75) is 39.3 Å². The minimum Gasteiger partial charge on any atom is -0.369 e. The van der Waals surface area contributed by atoms with Crippen LogP contribution in [0.25, 0.3) is 0 Å². The van der Waals surface area contributed by atoms with Crippen molar-refractivity contribution in [2.24, 2.45) is 4.99 Å². The number of benzene rings is 1. The van der Waals surface area contributed by atoms with Crippen LogP contribution < -0.4 is 15.5 Å². The van der Waals surface area contributed by atoms with Gasteiger partial charge in [0.1, 0.15) is 5.01 Å². The van der Waals surface area contributed by atoms with Gasteiger partial charge in [0.2, 0.25) is 0 Å². The van der Waals surface area contributed by atoms with Crippen molar-refractivity contribution in [3.63, 3.8) is 0 Å². The summed E-state index contributed by atoms with van der Waals surface area (Å²) in [6, 6.07) is 11.0. The van der Waals surface area contributed by atoms with Gasteiger partial charge in [0.05, 0.1) is 6.54 Å². The van der Waals surface area contributed by atoms with Gasteiger partial charge < -0.3 is 15.5 Å². The molecule has 7 heteroatoms. The number of aromatic nitrogens is 1. The van der Waals surface area contributed by atoms with Gasteiger partial charge in [-0.25, -0.2) is 9.98 Å². The molecule has 2 aromatic rings. The number of guanidine groups is 1. The van der Waals surface area contributed by atoms with Crippen LogP contribution in [0, 0.1) is 0 Å². The third-order valence-corrected chi connectivity index (χ3v) is 5.44. The molecular formula is C19H28IN5S. The predicted molar refractivity (Wildman–Crippen MR) is 122 cm³/mol. The van der Waals surface area contributed by atoms with Crippen LogP contribution in [-0.2, 0) is 13.0 Å². The summed E-state index contributed by atoms with van der Waals surface area (Å²) in [7, 11) is 0. The summed E-state index contributed by atoms with van der Waals surface area (Å²) in [5, 5.41) is 8.01. The molecule has 1 atom stereocenters. The smallest absolute Gasteiger partial charge is 0.191 e. The summed E-state index contributed by atoms with van der Waals surface area (Å²) < 4.78 is 0. The van der Waals surface area contributed by atoms with Gasteiger partial charge in [-0.1, -0.05) is 25.1 Å². The number of hydrogen-bond acceptors (Lipinski definition) is 4. The third-order valence-electron chi connectivity index (χ3n) is 4.32. The Bertz CT molecular complexity index is 688. The molecule has 2 N–H and O–H groups in total. The monoisotopic (exact) mass is 485 g/mol. The first-order chi connectivity index (χ1) is 12.3. The van der Waals surface area contributed by atoms with Crippen LogP contribution in [0.15, 0.2) is 41.5 Å². The van der Waals surface area contributed by atoms with E-state index in [1.54, 1.807) is 11.3 Å². The number of nitrogens with zero attached hydrogens (tertiary/aromatic N) is 3. The second kappa shape index (κ2) is 10.7. The van der Waals surface area contributed by atoms with Crippen LogP contribution in [0.3, 0.4) is 0 Å². The van der Waals surface area contributed by atoms with E-state index in [1.807, 2.05) is 6.20 Å². The molecule has 1 aliphatic rings. The lowest BCUT2D eigenvalue weighted by molar-refractivity contribution is 0.649. The highest BCUT2D eigenvalue weighted by Gasteiger charge is 2.23. The normalized spacial score (nSPS) is 17.1. The summed E-state index contributed by atoms with van der Waals surface area (Å²) >= 11 is 1.75. The maximum absolute atomic E-state index is 4.72. The first kappa shape index (κ1) is 21.0. The number of para-hydroxylation sites is 1. The fraction of sp³-hybridized carbons (Fsp3) is 0.474. The lowest BCUT2D eigenvalue weighted by Crippen LogP contribution is -2.44. The summed E-state index contributed by atoms with van der Waals surface area (Å²) in [5.41, 5.74) is 1.30. The molecule has 26 heavy (non-hydrogen) atoms. The zero-order valence-corrected chi connectivity index (χ0v) is 18.6. The molecule has 0 spiro atoms. The maximum atomic E-state index is 4.72. The Morgan fingerprint density at radius 3 is 2.81 bits per heavy atom. The van der Waals surface area contributed by atoms with E-state index in [1.165, 1.54) is 10.6 Å². The summed E-state index contributed by atoms with van der Waals surface area (Å²) in [4.78, 5) is 12.9. The van der Waals surface area contributed by atoms with Crippen molar-refractivity contribution in [1.29, 1.82) is 0 Å². The summed E-state index contributed by atoms with van der Waals surface area (Å²) in [6.45, 7) is 7.83. The highest BCUT2D eigenvalue weighted by Crippen LogP contribution is 2.19. The van der Waals surface area contributed by atoms with E-state index in [0.29, 0.717) is 12.6 Å². The highest BCUT2D eigenvalue weighted by molar-refractivity contribution is 14.0. The van der Waals surface area contributed by atoms with Gasteiger partial charge in [-0.05, 0) is 31.9 Å². The van der Waals surface area contributed by atoms with Gasteiger partial charge >= 0.3 is 0 Å². The van der Waals surface area contributed by atoms with Crippen LogP contribution in [0.2, 0.25) is 0 Å². The predicted octanol–water partition coefficient (Wildman–Crippen LogP) is 3.66. The quantitative estimate of drug-likeness (QED) is 0.373. The lowest BCUT2D eigenvalue weighted by Gasteiger charge is -2.20. The minimum absolute atomic E-state index is 0. The maximum Gasteiger partial charge on any atom is 0.191 e. The fourth-order valence-electron chi connectivity index (χ4n) is 3.00. The molecule has 0 radical (unpaired) electrons. The molecule has 0 aliphatic carbocycles. The first-order valence-electron chi connectivity index (χ1n) is 9.07. The number of aryl methyl sites for hydroxylation is 1. The summed E-state index contributed by atoms with van der Waals surface area (Å²) in [6.07, 6.45) is 4.12. The fourth-order valence-corrected chi connectivity index (χ4v) is 3.78. The zero-order chi connectivity index (χ0) is 17.5. The Morgan fingerprint density at radius 2 is 2.12 bits per heavy atom. The first-order valence-corrected chi connectivity index (χ1v) is 9.88. The molecular weight excluding hydrogens is 457 g/mol. The Morgan fingerprint density at radius 1 is 1.31 bits per heavy atom. The average Bonchev–Trinajstić information content (AvgIpc) is 3.30. The standard InChI is InChI=1S/C19H27N5S.HI/c1-3-17-12-21-18(25-17)13-22-19(20-4-2)23-15-10-11-24(14-15)16-8-6-5-7-9-16;/h5-9,12,15H,3-4,10-11,13-14H2,1-2H3,(H2,20,22,23);1H. The van der Waals surface area contributed by atoms with Crippen molar-refractivity contribution >= 4 is 47.0 Å². The van der Waals surface area contributed by atoms with E-state index in [-0.39, 0.29) is 24.0 Å². The molecule has 2 heterocycles. The molecule has 0 bridgehead atoms. The topological polar surface area (TPSA) is 52.6 Å². The van der Waals surface area contributed by atoms with Gasteiger partial charge in [-0.3, -0.25) is 0 Å². The van der Waals surface area contributed by atoms with Crippen molar-refractivity contribution < 1.29 is 0 Å².